The number of carbonyl (C=O) groups excluding carboxylic acids is 1. The number of hydrogen-bond donors (Lipinski definition) is 2. The number of nitrogens with zero attached hydrogens (tertiary/aromatic N) is 5. The highest BCUT2D eigenvalue weighted by atomic mass is 127. The first-order valence-electron chi connectivity index (χ1n) is 9.38. The molecule has 0 aliphatic rings. The van der Waals surface area contributed by atoms with Gasteiger partial charge in [-0.15, -0.1) is 11.3 Å². The predicted octanol–water partition coefficient (Wildman–Crippen LogP) is 4.23. The Morgan fingerprint density at radius 3 is 2.90 bits per heavy atom. The van der Waals surface area contributed by atoms with Crippen molar-refractivity contribution in [3.63, 3.8) is 0 Å². The number of nitrogen functional groups attached to an aromatic ring is 1. The van der Waals surface area contributed by atoms with E-state index in [1.807, 2.05) is 48.0 Å². The van der Waals surface area contributed by atoms with Gasteiger partial charge in [-0.25, -0.2) is 9.97 Å². The monoisotopic (exact) mass is 541 g/mol. The SMILES string of the molecule is Cc1cccc(Cn2nc(I)c3c(NC(=O)c4csc5c(N)ncnc45)cccc32)n1. The number of amides is 1. The van der Waals surface area contributed by atoms with Gasteiger partial charge in [0.25, 0.3) is 5.91 Å². The van der Waals surface area contributed by atoms with Crippen LogP contribution in [0.2, 0.25) is 0 Å². The predicted molar refractivity (Wildman–Crippen MR) is 130 cm³/mol. The summed E-state index contributed by atoms with van der Waals surface area (Å²) < 4.78 is 3.42. The Morgan fingerprint density at radius 2 is 2.06 bits per heavy atom. The molecule has 1 aromatic carbocycles. The van der Waals surface area contributed by atoms with Crippen molar-refractivity contribution in [2.24, 2.45) is 0 Å². The van der Waals surface area contributed by atoms with Crippen LogP contribution in [0.5, 0.6) is 0 Å². The molecule has 4 heterocycles. The summed E-state index contributed by atoms with van der Waals surface area (Å²) in [7, 11) is 0. The van der Waals surface area contributed by atoms with E-state index in [1.165, 1.54) is 17.7 Å². The lowest BCUT2D eigenvalue weighted by Crippen LogP contribution is -2.12. The van der Waals surface area contributed by atoms with E-state index in [-0.39, 0.29) is 5.91 Å². The Labute approximate surface area is 194 Å². The average Bonchev–Trinajstić information content (AvgIpc) is 3.31. The largest absolute Gasteiger partial charge is 0.382 e. The van der Waals surface area contributed by atoms with E-state index in [0.717, 1.165) is 26.0 Å². The molecule has 0 saturated heterocycles. The first-order chi connectivity index (χ1) is 15.0. The number of anilines is 2. The van der Waals surface area contributed by atoms with Crippen LogP contribution in [0.3, 0.4) is 0 Å². The number of hydrogen-bond acceptors (Lipinski definition) is 7. The summed E-state index contributed by atoms with van der Waals surface area (Å²) in [6, 6.07) is 11.7. The Morgan fingerprint density at radius 1 is 1.23 bits per heavy atom. The van der Waals surface area contributed by atoms with E-state index >= 15 is 0 Å². The van der Waals surface area contributed by atoms with Gasteiger partial charge in [-0.1, -0.05) is 12.1 Å². The normalized spacial score (nSPS) is 11.3. The lowest BCUT2D eigenvalue weighted by molar-refractivity contribution is 0.102. The number of nitrogens with two attached hydrogens (primary N) is 1. The van der Waals surface area contributed by atoms with Gasteiger partial charge in [0.2, 0.25) is 0 Å². The molecule has 10 heteroatoms. The molecule has 5 rings (SSSR count). The lowest BCUT2D eigenvalue weighted by atomic mass is 10.2. The van der Waals surface area contributed by atoms with E-state index < -0.39 is 0 Å². The van der Waals surface area contributed by atoms with Gasteiger partial charge in [0.15, 0.2) is 0 Å². The molecule has 0 aliphatic carbocycles. The number of thiophene rings is 1. The quantitative estimate of drug-likeness (QED) is 0.330. The molecule has 154 valence electrons. The van der Waals surface area contributed by atoms with E-state index in [0.29, 0.717) is 33.8 Å². The minimum Gasteiger partial charge on any atom is -0.382 e. The second kappa shape index (κ2) is 7.85. The Bertz CT molecular complexity index is 1460. The van der Waals surface area contributed by atoms with Crippen molar-refractivity contribution < 1.29 is 4.79 Å². The van der Waals surface area contributed by atoms with Crippen molar-refractivity contribution in [3.05, 3.63) is 68.8 Å². The molecule has 0 atom stereocenters. The molecule has 0 saturated carbocycles. The van der Waals surface area contributed by atoms with Crippen LogP contribution in [0.4, 0.5) is 11.5 Å². The van der Waals surface area contributed by atoms with Crippen LogP contribution in [-0.2, 0) is 6.54 Å². The molecule has 31 heavy (non-hydrogen) atoms. The van der Waals surface area contributed by atoms with Crippen molar-refractivity contribution in [2.45, 2.75) is 13.5 Å². The minimum atomic E-state index is -0.249. The van der Waals surface area contributed by atoms with E-state index in [4.69, 9.17) is 5.73 Å². The van der Waals surface area contributed by atoms with Crippen LogP contribution in [0, 0.1) is 10.6 Å². The summed E-state index contributed by atoms with van der Waals surface area (Å²) in [5.74, 6) is 0.123. The molecule has 4 aromatic heterocycles. The molecule has 0 radical (unpaired) electrons. The summed E-state index contributed by atoms with van der Waals surface area (Å²) in [5.41, 5.74) is 10.4. The van der Waals surface area contributed by atoms with E-state index in [2.05, 4.69) is 48.0 Å². The molecule has 0 spiro atoms. The fourth-order valence-corrected chi connectivity index (χ4v) is 5.20. The van der Waals surface area contributed by atoms with Crippen molar-refractivity contribution in [1.29, 1.82) is 0 Å². The number of aryl methyl sites for hydroxylation is 1. The van der Waals surface area contributed by atoms with Crippen molar-refractivity contribution in [2.75, 3.05) is 11.1 Å². The second-order valence-electron chi connectivity index (χ2n) is 6.96. The second-order valence-corrected chi connectivity index (χ2v) is 8.86. The first kappa shape index (κ1) is 19.8. The number of aromatic nitrogens is 5. The van der Waals surface area contributed by atoms with Gasteiger partial charge in [-0.2, -0.15) is 5.10 Å². The van der Waals surface area contributed by atoms with Crippen molar-refractivity contribution >= 4 is 72.5 Å². The molecule has 0 unspecified atom stereocenters. The summed E-state index contributed by atoms with van der Waals surface area (Å²) in [4.78, 5) is 25.8. The van der Waals surface area contributed by atoms with Gasteiger partial charge in [0, 0.05) is 11.1 Å². The third kappa shape index (κ3) is 3.61. The molecule has 0 bridgehead atoms. The van der Waals surface area contributed by atoms with Crippen molar-refractivity contribution in [1.82, 2.24) is 24.7 Å². The number of benzene rings is 1. The molecule has 8 nitrogen and oxygen atoms in total. The third-order valence-corrected chi connectivity index (χ3v) is 6.61. The van der Waals surface area contributed by atoms with Crippen LogP contribution in [-0.4, -0.2) is 30.6 Å². The van der Waals surface area contributed by atoms with E-state index in [9.17, 15) is 4.79 Å². The third-order valence-electron chi connectivity index (χ3n) is 4.87. The van der Waals surface area contributed by atoms with Crippen LogP contribution in [0.1, 0.15) is 21.7 Å². The maximum atomic E-state index is 13.0. The zero-order valence-corrected chi connectivity index (χ0v) is 19.3. The smallest absolute Gasteiger partial charge is 0.258 e. The molecule has 0 aliphatic heterocycles. The van der Waals surface area contributed by atoms with Gasteiger partial charge >= 0.3 is 0 Å². The van der Waals surface area contributed by atoms with Crippen molar-refractivity contribution in [3.8, 4) is 0 Å². The Hall–Kier alpha value is -3.12. The topological polar surface area (TPSA) is 112 Å². The van der Waals surface area contributed by atoms with E-state index in [1.54, 1.807) is 5.38 Å². The van der Waals surface area contributed by atoms with Crippen LogP contribution >= 0.6 is 33.9 Å². The molecule has 5 aromatic rings. The molecule has 1 amide bonds. The number of nitrogens with one attached hydrogen (secondary N) is 1. The number of rotatable bonds is 4. The van der Waals surface area contributed by atoms with Gasteiger partial charge in [-0.3, -0.25) is 14.5 Å². The van der Waals surface area contributed by atoms with Crippen LogP contribution in [0.25, 0.3) is 21.1 Å². The van der Waals surface area contributed by atoms with Gasteiger partial charge in [0.1, 0.15) is 15.8 Å². The first-order valence-corrected chi connectivity index (χ1v) is 11.3. The fraction of sp³-hybridized carbons (Fsp3) is 0.0952. The highest BCUT2D eigenvalue weighted by Gasteiger charge is 2.19. The zero-order valence-electron chi connectivity index (χ0n) is 16.3. The van der Waals surface area contributed by atoms with Gasteiger partial charge in [0.05, 0.1) is 44.6 Å². The highest BCUT2D eigenvalue weighted by Crippen LogP contribution is 2.31. The number of fused-ring (bicyclic) bond motifs is 2. The average molecular weight is 541 g/mol. The Balaban J connectivity index is 1.51. The number of pyridine rings is 1. The Kier molecular flexibility index (Phi) is 5.02. The highest BCUT2D eigenvalue weighted by molar-refractivity contribution is 14.1. The molecule has 3 N–H and O–H groups in total. The number of carbonyl (C=O) groups is 1. The minimum absolute atomic E-state index is 0.249. The summed E-state index contributed by atoms with van der Waals surface area (Å²) in [6.07, 6.45) is 1.37. The summed E-state index contributed by atoms with van der Waals surface area (Å²) in [5, 5.41) is 10.3. The van der Waals surface area contributed by atoms with Crippen LogP contribution < -0.4 is 11.1 Å². The van der Waals surface area contributed by atoms with Gasteiger partial charge < -0.3 is 11.1 Å². The lowest BCUT2D eigenvalue weighted by Gasteiger charge is -2.08. The summed E-state index contributed by atoms with van der Waals surface area (Å²) in [6.45, 7) is 2.51. The summed E-state index contributed by atoms with van der Waals surface area (Å²) >= 11 is 3.55. The zero-order chi connectivity index (χ0) is 21.5. The molecule has 0 fully saturated rings. The molecular formula is C21H16IN7OS. The standard InChI is InChI=1S/C21H16IN7OS/c1-11-4-2-5-12(26-11)8-29-15-7-3-6-14(16(15)19(22)28-29)27-21(30)13-9-31-18-17(13)24-10-25-20(18)23/h2-7,9-10H,8H2,1H3,(H,27,30)(H2,23,24,25). The van der Waals surface area contributed by atoms with Crippen LogP contribution in [0.15, 0.2) is 48.1 Å². The maximum Gasteiger partial charge on any atom is 0.258 e. The molecular weight excluding hydrogens is 525 g/mol. The number of halogens is 1. The van der Waals surface area contributed by atoms with Gasteiger partial charge in [-0.05, 0) is 53.8 Å². The maximum absolute atomic E-state index is 13.0. The fourth-order valence-electron chi connectivity index (χ4n) is 3.47.